The zero-order chi connectivity index (χ0) is 24.3. The summed E-state index contributed by atoms with van der Waals surface area (Å²) in [6.45, 7) is 1.31. The van der Waals surface area contributed by atoms with Gasteiger partial charge in [0.1, 0.15) is 23.9 Å². The summed E-state index contributed by atoms with van der Waals surface area (Å²) in [6.07, 6.45) is 2.20. The number of thiol groups is 1. The number of carboxylic acids is 1. The van der Waals surface area contributed by atoms with Gasteiger partial charge in [-0.05, 0) is 43.0 Å². The number of carbonyl (C=O) groups is 4. The molecule has 12 heteroatoms. The number of aromatic hydroxyl groups is 1. The number of amides is 3. The number of rotatable bonds is 13. The van der Waals surface area contributed by atoms with Crippen LogP contribution in [-0.4, -0.2) is 75.8 Å². The lowest BCUT2D eigenvalue weighted by molar-refractivity contribution is -0.141. The summed E-state index contributed by atoms with van der Waals surface area (Å²) < 4.78 is 0. The monoisotopic (exact) mass is 486 g/mol. The van der Waals surface area contributed by atoms with Gasteiger partial charge in [0.2, 0.25) is 17.7 Å². The molecule has 0 heterocycles. The molecule has 0 bridgehead atoms. The van der Waals surface area contributed by atoms with Crippen molar-refractivity contribution in [1.29, 1.82) is 0 Å². The van der Waals surface area contributed by atoms with Crippen molar-refractivity contribution in [1.82, 2.24) is 16.0 Å². The molecule has 1 rings (SSSR count). The number of carbonyl (C=O) groups excluding carboxylic acids is 3. The van der Waals surface area contributed by atoms with Gasteiger partial charge < -0.3 is 31.9 Å². The molecule has 4 atom stereocenters. The van der Waals surface area contributed by atoms with Gasteiger partial charge in [0.05, 0.1) is 6.04 Å². The number of phenols is 1. The number of nitrogens with two attached hydrogens (primary N) is 1. The van der Waals surface area contributed by atoms with Crippen LogP contribution in [0.5, 0.6) is 5.75 Å². The fraction of sp³-hybridized carbons (Fsp3) is 0.500. The smallest absolute Gasteiger partial charge is 0.325 e. The average molecular weight is 487 g/mol. The second-order valence-corrected chi connectivity index (χ2v) is 8.48. The predicted molar refractivity (Wildman–Crippen MR) is 126 cm³/mol. The van der Waals surface area contributed by atoms with Gasteiger partial charge in [0.25, 0.3) is 0 Å². The molecule has 4 unspecified atom stereocenters. The van der Waals surface area contributed by atoms with Crippen LogP contribution < -0.4 is 21.7 Å². The van der Waals surface area contributed by atoms with Gasteiger partial charge in [-0.25, -0.2) is 0 Å². The highest BCUT2D eigenvalue weighted by Gasteiger charge is 2.29. The summed E-state index contributed by atoms with van der Waals surface area (Å²) in [5.41, 5.74) is 6.31. The summed E-state index contributed by atoms with van der Waals surface area (Å²) in [4.78, 5) is 49.0. The van der Waals surface area contributed by atoms with Crippen LogP contribution in [0.2, 0.25) is 0 Å². The van der Waals surface area contributed by atoms with Crippen LogP contribution in [0.25, 0.3) is 0 Å². The first kappa shape index (κ1) is 27.6. The maximum absolute atomic E-state index is 12.9. The minimum Gasteiger partial charge on any atom is -0.508 e. The summed E-state index contributed by atoms with van der Waals surface area (Å²) >= 11 is 5.47. The van der Waals surface area contributed by atoms with E-state index in [1.165, 1.54) is 30.8 Å². The summed E-state index contributed by atoms with van der Waals surface area (Å²) in [5.74, 6) is -2.34. The number of carboxylic acid groups (broad SMARTS) is 1. The van der Waals surface area contributed by atoms with Crippen molar-refractivity contribution in [2.75, 3.05) is 17.8 Å². The first-order valence-electron chi connectivity index (χ1n) is 9.86. The number of hydrogen-bond acceptors (Lipinski definition) is 8. The summed E-state index contributed by atoms with van der Waals surface area (Å²) in [5, 5.41) is 26.1. The van der Waals surface area contributed by atoms with Crippen molar-refractivity contribution in [2.45, 2.75) is 43.9 Å². The molecule has 7 N–H and O–H groups in total. The standard InChI is InChI=1S/C20H30N4O6S2/c1-11(20(29)30)22-19(28)16(9-12-3-5-13(25)6-4-12)24-18(27)15(7-8-32-2)23-17(26)14(21)10-31/h3-6,11,14-16,25,31H,7-10,21H2,1-2H3,(H,22,28)(H,23,26)(H,24,27)(H,29,30). The lowest BCUT2D eigenvalue weighted by Crippen LogP contribution is -2.57. The van der Waals surface area contributed by atoms with Crippen LogP contribution in [0.4, 0.5) is 0 Å². The Kier molecular flexibility index (Phi) is 12.0. The Labute approximate surface area is 196 Å². The lowest BCUT2D eigenvalue weighted by atomic mass is 10.0. The Morgan fingerprint density at radius 2 is 1.59 bits per heavy atom. The quantitative estimate of drug-likeness (QED) is 0.183. The number of benzene rings is 1. The summed E-state index contributed by atoms with van der Waals surface area (Å²) in [6, 6.07) is 1.94. The number of thioether (sulfide) groups is 1. The zero-order valence-electron chi connectivity index (χ0n) is 17.9. The van der Waals surface area contributed by atoms with Crippen molar-refractivity contribution >= 4 is 48.1 Å². The maximum atomic E-state index is 12.9. The van der Waals surface area contributed by atoms with E-state index >= 15 is 0 Å². The van der Waals surface area contributed by atoms with Crippen molar-refractivity contribution in [3.8, 4) is 5.75 Å². The van der Waals surface area contributed by atoms with E-state index in [1.807, 2.05) is 6.26 Å². The van der Waals surface area contributed by atoms with Crippen LogP contribution in [-0.2, 0) is 25.6 Å². The first-order chi connectivity index (χ1) is 15.1. The lowest BCUT2D eigenvalue weighted by Gasteiger charge is -2.24. The second-order valence-electron chi connectivity index (χ2n) is 7.13. The van der Waals surface area contributed by atoms with E-state index in [2.05, 4.69) is 28.6 Å². The molecular weight excluding hydrogens is 456 g/mol. The van der Waals surface area contributed by atoms with Gasteiger partial charge in [-0.15, -0.1) is 0 Å². The second kappa shape index (κ2) is 13.9. The van der Waals surface area contributed by atoms with E-state index in [0.29, 0.717) is 17.7 Å². The molecule has 0 spiro atoms. The first-order valence-corrected chi connectivity index (χ1v) is 11.9. The normalized spacial score (nSPS) is 14.5. The van der Waals surface area contributed by atoms with E-state index in [-0.39, 0.29) is 17.9 Å². The Bertz CT molecular complexity index is 793. The van der Waals surface area contributed by atoms with Crippen LogP contribution >= 0.6 is 24.4 Å². The third-order valence-electron chi connectivity index (χ3n) is 4.52. The molecule has 0 aromatic heterocycles. The van der Waals surface area contributed by atoms with Crippen LogP contribution in [0.15, 0.2) is 24.3 Å². The Hall–Kier alpha value is -2.44. The van der Waals surface area contributed by atoms with Crippen molar-refractivity contribution < 1.29 is 29.4 Å². The van der Waals surface area contributed by atoms with Gasteiger partial charge in [-0.2, -0.15) is 24.4 Å². The van der Waals surface area contributed by atoms with Gasteiger partial charge in [-0.1, -0.05) is 12.1 Å². The Morgan fingerprint density at radius 1 is 1.03 bits per heavy atom. The molecule has 3 amide bonds. The van der Waals surface area contributed by atoms with Crippen LogP contribution in [0.3, 0.4) is 0 Å². The predicted octanol–water partition coefficient (Wildman–Crippen LogP) is -0.496. The Morgan fingerprint density at radius 3 is 2.12 bits per heavy atom. The highest BCUT2D eigenvalue weighted by molar-refractivity contribution is 7.98. The van der Waals surface area contributed by atoms with E-state index in [0.717, 1.165) is 0 Å². The van der Waals surface area contributed by atoms with Crippen LogP contribution in [0.1, 0.15) is 18.9 Å². The van der Waals surface area contributed by atoms with E-state index in [9.17, 15) is 24.3 Å². The molecule has 0 radical (unpaired) electrons. The molecule has 0 aliphatic carbocycles. The van der Waals surface area contributed by atoms with Gasteiger partial charge >= 0.3 is 5.97 Å². The van der Waals surface area contributed by atoms with Crippen molar-refractivity contribution in [3.05, 3.63) is 29.8 Å². The minimum atomic E-state index is -1.22. The average Bonchev–Trinajstić information content (AvgIpc) is 2.76. The molecule has 32 heavy (non-hydrogen) atoms. The fourth-order valence-corrected chi connectivity index (χ4v) is 3.23. The van der Waals surface area contributed by atoms with E-state index in [1.54, 1.807) is 12.1 Å². The molecule has 0 fully saturated rings. The SMILES string of the molecule is CSCCC(NC(=O)C(N)CS)C(=O)NC(Cc1ccc(O)cc1)C(=O)NC(C)C(=O)O. The fourth-order valence-electron chi connectivity index (χ4n) is 2.59. The van der Waals surface area contributed by atoms with Crippen molar-refractivity contribution in [2.24, 2.45) is 5.73 Å². The van der Waals surface area contributed by atoms with Gasteiger partial charge in [0, 0.05) is 12.2 Å². The third-order valence-corrected chi connectivity index (χ3v) is 5.55. The topological polar surface area (TPSA) is 171 Å². The molecule has 0 saturated heterocycles. The van der Waals surface area contributed by atoms with E-state index < -0.39 is 47.9 Å². The highest BCUT2D eigenvalue weighted by Crippen LogP contribution is 2.12. The highest BCUT2D eigenvalue weighted by atomic mass is 32.2. The molecule has 0 aliphatic heterocycles. The van der Waals surface area contributed by atoms with Crippen molar-refractivity contribution in [3.63, 3.8) is 0 Å². The van der Waals surface area contributed by atoms with Crippen LogP contribution in [0, 0.1) is 0 Å². The molecule has 10 nitrogen and oxygen atoms in total. The number of hydrogen-bond donors (Lipinski definition) is 7. The van der Waals surface area contributed by atoms with Gasteiger partial charge in [-0.3, -0.25) is 19.2 Å². The van der Waals surface area contributed by atoms with Gasteiger partial charge in [0.15, 0.2) is 0 Å². The molecule has 0 saturated carbocycles. The number of phenolic OH excluding ortho intramolecular Hbond substituents is 1. The molecule has 178 valence electrons. The number of nitrogens with one attached hydrogen (secondary N) is 3. The molecule has 1 aromatic carbocycles. The molecule has 1 aromatic rings. The molecule has 0 aliphatic rings. The zero-order valence-corrected chi connectivity index (χ0v) is 19.6. The third kappa shape index (κ3) is 9.37. The van der Waals surface area contributed by atoms with E-state index in [4.69, 9.17) is 10.8 Å². The minimum absolute atomic E-state index is 0.0404. The largest absolute Gasteiger partial charge is 0.508 e. The number of aliphatic carboxylic acids is 1. The Balaban J connectivity index is 3.04. The summed E-state index contributed by atoms with van der Waals surface area (Å²) in [7, 11) is 0. The molecular formula is C20H30N4O6S2. The maximum Gasteiger partial charge on any atom is 0.325 e.